The molecule has 1 unspecified atom stereocenters. The predicted octanol–water partition coefficient (Wildman–Crippen LogP) is 3.69. The number of rotatable bonds is 5. The van der Waals surface area contributed by atoms with Crippen molar-refractivity contribution in [3.63, 3.8) is 0 Å². The van der Waals surface area contributed by atoms with Gasteiger partial charge in [0.1, 0.15) is 11.6 Å². The molecule has 0 radical (unpaired) electrons. The summed E-state index contributed by atoms with van der Waals surface area (Å²) in [6, 6.07) is 13.4. The Hall–Kier alpha value is -1.74. The maximum Gasteiger partial charge on any atom is 0.127 e. The van der Waals surface area contributed by atoms with E-state index in [1.54, 1.807) is 24.3 Å². The van der Waals surface area contributed by atoms with Crippen molar-refractivity contribution in [2.75, 3.05) is 0 Å². The first-order valence-corrected chi connectivity index (χ1v) is 6.36. The Balaban J connectivity index is 1.86. The zero-order chi connectivity index (χ0) is 13.7. The molecule has 2 aromatic carbocycles. The summed E-state index contributed by atoms with van der Waals surface area (Å²) in [6.45, 7) is 2.53. The molecular weight excluding hydrogens is 244 g/mol. The molecule has 0 aromatic heterocycles. The lowest BCUT2D eigenvalue weighted by molar-refractivity contribution is 0.525. The quantitative estimate of drug-likeness (QED) is 0.865. The van der Waals surface area contributed by atoms with Crippen LogP contribution in [0.25, 0.3) is 0 Å². The first-order valence-electron chi connectivity index (χ1n) is 6.36. The number of benzene rings is 2. The molecule has 2 rings (SSSR count). The predicted molar refractivity (Wildman–Crippen MR) is 72.8 cm³/mol. The van der Waals surface area contributed by atoms with Gasteiger partial charge in [0.25, 0.3) is 0 Å². The highest BCUT2D eigenvalue weighted by molar-refractivity contribution is 5.18. The fraction of sp³-hybridized carbons (Fsp3) is 0.250. The molecule has 0 aliphatic carbocycles. The monoisotopic (exact) mass is 261 g/mol. The number of hydrogen-bond acceptors (Lipinski definition) is 1. The minimum atomic E-state index is -0.226. The SMILES string of the molecule is CC(Cc1ccc(F)cc1)NCc1ccccc1F. The van der Waals surface area contributed by atoms with Gasteiger partial charge in [0.05, 0.1) is 0 Å². The van der Waals surface area contributed by atoms with E-state index in [-0.39, 0.29) is 17.7 Å². The van der Waals surface area contributed by atoms with E-state index < -0.39 is 0 Å². The normalized spacial score (nSPS) is 12.4. The maximum absolute atomic E-state index is 13.4. The molecule has 0 amide bonds. The highest BCUT2D eigenvalue weighted by atomic mass is 19.1. The van der Waals surface area contributed by atoms with Crippen molar-refractivity contribution in [1.82, 2.24) is 5.32 Å². The van der Waals surface area contributed by atoms with Gasteiger partial charge in [-0.1, -0.05) is 30.3 Å². The molecule has 3 heteroatoms. The van der Waals surface area contributed by atoms with E-state index in [1.165, 1.54) is 18.2 Å². The lowest BCUT2D eigenvalue weighted by Gasteiger charge is -2.14. The van der Waals surface area contributed by atoms with Crippen LogP contribution in [-0.4, -0.2) is 6.04 Å². The molecule has 0 bridgehead atoms. The van der Waals surface area contributed by atoms with E-state index >= 15 is 0 Å². The van der Waals surface area contributed by atoms with Crippen LogP contribution in [0.4, 0.5) is 8.78 Å². The fourth-order valence-electron chi connectivity index (χ4n) is 1.97. The smallest absolute Gasteiger partial charge is 0.127 e. The van der Waals surface area contributed by atoms with E-state index in [9.17, 15) is 8.78 Å². The Kier molecular flexibility index (Phi) is 4.63. The second-order valence-corrected chi connectivity index (χ2v) is 4.70. The van der Waals surface area contributed by atoms with E-state index in [0.29, 0.717) is 12.1 Å². The highest BCUT2D eigenvalue weighted by Crippen LogP contribution is 2.08. The molecule has 1 N–H and O–H groups in total. The maximum atomic E-state index is 13.4. The number of halogens is 2. The van der Waals surface area contributed by atoms with E-state index in [1.807, 2.05) is 13.0 Å². The Labute approximate surface area is 112 Å². The second kappa shape index (κ2) is 6.43. The molecule has 100 valence electrons. The zero-order valence-electron chi connectivity index (χ0n) is 10.9. The molecule has 0 saturated heterocycles. The summed E-state index contributed by atoms with van der Waals surface area (Å²) < 4.78 is 26.2. The summed E-state index contributed by atoms with van der Waals surface area (Å²) >= 11 is 0. The largest absolute Gasteiger partial charge is 0.310 e. The van der Waals surface area contributed by atoms with Gasteiger partial charge in [-0.3, -0.25) is 0 Å². The van der Waals surface area contributed by atoms with Crippen LogP contribution < -0.4 is 5.32 Å². The molecule has 0 aliphatic heterocycles. The lowest BCUT2D eigenvalue weighted by Crippen LogP contribution is -2.27. The average Bonchev–Trinajstić information content (AvgIpc) is 2.40. The van der Waals surface area contributed by atoms with Crippen LogP contribution in [0, 0.1) is 11.6 Å². The average molecular weight is 261 g/mol. The summed E-state index contributed by atoms with van der Waals surface area (Å²) in [5, 5.41) is 3.27. The van der Waals surface area contributed by atoms with Gasteiger partial charge in [-0.05, 0) is 37.1 Å². The minimum Gasteiger partial charge on any atom is -0.310 e. The molecule has 1 nitrogen and oxygen atoms in total. The van der Waals surface area contributed by atoms with Gasteiger partial charge >= 0.3 is 0 Å². The third-order valence-corrected chi connectivity index (χ3v) is 3.05. The third-order valence-electron chi connectivity index (χ3n) is 3.05. The standard InChI is InChI=1S/C16H17F2N/c1-12(10-13-6-8-15(17)9-7-13)19-11-14-4-2-3-5-16(14)18/h2-9,12,19H,10-11H2,1H3. The third kappa shape index (κ3) is 4.14. The molecule has 0 heterocycles. The minimum absolute atomic E-state index is 0.191. The molecule has 0 spiro atoms. The van der Waals surface area contributed by atoms with Crippen LogP contribution in [0.1, 0.15) is 18.1 Å². The van der Waals surface area contributed by atoms with Crippen LogP contribution in [0.15, 0.2) is 48.5 Å². The molecular formula is C16H17F2N. The van der Waals surface area contributed by atoms with Crippen molar-refractivity contribution in [3.05, 3.63) is 71.3 Å². The van der Waals surface area contributed by atoms with Gasteiger partial charge in [-0.25, -0.2) is 8.78 Å². The van der Waals surface area contributed by atoms with Gasteiger partial charge in [0.2, 0.25) is 0 Å². The van der Waals surface area contributed by atoms with E-state index in [4.69, 9.17) is 0 Å². The summed E-state index contributed by atoms with van der Waals surface area (Å²) in [5.41, 5.74) is 1.73. The Bertz CT molecular complexity index is 523. The number of hydrogen-bond donors (Lipinski definition) is 1. The molecule has 2 aromatic rings. The molecule has 0 fully saturated rings. The van der Waals surface area contributed by atoms with Crippen LogP contribution in [0.2, 0.25) is 0 Å². The highest BCUT2D eigenvalue weighted by Gasteiger charge is 2.05. The first-order chi connectivity index (χ1) is 9.15. The van der Waals surface area contributed by atoms with Gasteiger partial charge in [-0.2, -0.15) is 0 Å². The van der Waals surface area contributed by atoms with Gasteiger partial charge in [0.15, 0.2) is 0 Å². The molecule has 0 aliphatic rings. The fourth-order valence-corrected chi connectivity index (χ4v) is 1.97. The Morgan fingerprint density at radius 3 is 2.37 bits per heavy atom. The van der Waals surface area contributed by atoms with Gasteiger partial charge < -0.3 is 5.32 Å². The van der Waals surface area contributed by atoms with Crippen LogP contribution in [0.5, 0.6) is 0 Å². The van der Waals surface area contributed by atoms with Crippen molar-refractivity contribution in [3.8, 4) is 0 Å². The van der Waals surface area contributed by atoms with Crippen LogP contribution >= 0.6 is 0 Å². The van der Waals surface area contributed by atoms with Gasteiger partial charge in [-0.15, -0.1) is 0 Å². The topological polar surface area (TPSA) is 12.0 Å². The second-order valence-electron chi connectivity index (χ2n) is 4.70. The molecule has 19 heavy (non-hydrogen) atoms. The Morgan fingerprint density at radius 2 is 1.68 bits per heavy atom. The summed E-state index contributed by atoms with van der Waals surface area (Å²) in [7, 11) is 0. The van der Waals surface area contributed by atoms with Crippen molar-refractivity contribution >= 4 is 0 Å². The van der Waals surface area contributed by atoms with Crippen LogP contribution in [-0.2, 0) is 13.0 Å². The van der Waals surface area contributed by atoms with Crippen molar-refractivity contribution in [2.45, 2.75) is 25.9 Å². The molecule has 1 atom stereocenters. The molecule has 0 saturated carbocycles. The lowest BCUT2D eigenvalue weighted by atomic mass is 10.1. The van der Waals surface area contributed by atoms with Crippen molar-refractivity contribution in [2.24, 2.45) is 0 Å². The number of nitrogens with one attached hydrogen (secondary N) is 1. The van der Waals surface area contributed by atoms with E-state index in [2.05, 4.69) is 5.32 Å². The summed E-state index contributed by atoms with van der Waals surface area (Å²) in [4.78, 5) is 0. The Morgan fingerprint density at radius 1 is 1.00 bits per heavy atom. The zero-order valence-corrected chi connectivity index (χ0v) is 10.9. The summed E-state index contributed by atoms with van der Waals surface area (Å²) in [6.07, 6.45) is 0.786. The van der Waals surface area contributed by atoms with E-state index in [0.717, 1.165) is 12.0 Å². The van der Waals surface area contributed by atoms with Crippen LogP contribution in [0.3, 0.4) is 0 Å². The van der Waals surface area contributed by atoms with Crippen molar-refractivity contribution in [1.29, 1.82) is 0 Å². The summed E-state index contributed by atoms with van der Waals surface area (Å²) in [5.74, 6) is -0.417. The van der Waals surface area contributed by atoms with Gasteiger partial charge in [0, 0.05) is 18.2 Å². The first kappa shape index (κ1) is 13.7. The van der Waals surface area contributed by atoms with Crippen molar-refractivity contribution < 1.29 is 8.78 Å².